The molecule has 1 aromatic carbocycles. The van der Waals surface area contributed by atoms with E-state index in [1.165, 1.54) is 15.5 Å². The van der Waals surface area contributed by atoms with Crippen molar-refractivity contribution in [2.24, 2.45) is 0 Å². The zero-order valence-electron chi connectivity index (χ0n) is 12.2. The fraction of sp³-hybridized carbons (Fsp3) is 0.571. The van der Waals surface area contributed by atoms with Gasteiger partial charge in [0.05, 0.1) is 32.4 Å². The first kappa shape index (κ1) is 16.2. The van der Waals surface area contributed by atoms with Crippen molar-refractivity contribution < 1.29 is 23.2 Å². The molecule has 0 amide bonds. The highest BCUT2D eigenvalue weighted by Gasteiger charge is 2.27. The maximum absolute atomic E-state index is 11.4. The third-order valence-corrected chi connectivity index (χ3v) is 4.91. The first-order valence-corrected chi connectivity index (χ1v) is 8.94. The minimum absolute atomic E-state index is 0.253. The first-order valence-electron chi connectivity index (χ1n) is 7.10. The van der Waals surface area contributed by atoms with Crippen molar-refractivity contribution in [3.8, 4) is 5.75 Å². The summed E-state index contributed by atoms with van der Waals surface area (Å²) < 4.78 is 29.8. The van der Waals surface area contributed by atoms with E-state index in [0.717, 1.165) is 18.8 Å². The highest BCUT2D eigenvalue weighted by atomic mass is 32.2. The SMILES string of the molecule is CS(=O)(=O)N1CC[NH+](C[C@H](O)COc2ccccc2)CC1. The first-order chi connectivity index (χ1) is 9.95. The molecule has 0 aliphatic carbocycles. The number of nitrogens with one attached hydrogen (secondary N) is 1. The van der Waals surface area contributed by atoms with Gasteiger partial charge in [0, 0.05) is 0 Å². The lowest BCUT2D eigenvalue weighted by molar-refractivity contribution is -0.906. The van der Waals surface area contributed by atoms with Crippen molar-refractivity contribution in [2.45, 2.75) is 6.10 Å². The average Bonchev–Trinajstić information content (AvgIpc) is 2.46. The fourth-order valence-corrected chi connectivity index (χ4v) is 3.29. The van der Waals surface area contributed by atoms with Crippen LogP contribution in [0.5, 0.6) is 5.75 Å². The standard InChI is InChI=1S/C14H22N2O4S/c1-21(18,19)16-9-7-15(8-10-16)11-13(17)12-20-14-5-3-2-4-6-14/h2-6,13,17H,7-12H2,1H3/p+1/t13-/m0/s1. The Bertz CT molecular complexity index is 527. The number of sulfonamides is 1. The number of para-hydroxylation sites is 1. The van der Waals surface area contributed by atoms with E-state index in [0.29, 0.717) is 19.6 Å². The Balaban J connectivity index is 1.71. The number of quaternary nitrogens is 1. The zero-order chi connectivity index (χ0) is 15.3. The van der Waals surface area contributed by atoms with Gasteiger partial charge in [-0.1, -0.05) is 18.2 Å². The molecule has 1 aliphatic heterocycles. The second kappa shape index (κ2) is 7.22. The lowest BCUT2D eigenvalue weighted by Crippen LogP contribution is -3.15. The number of aliphatic hydroxyl groups is 1. The molecule has 0 radical (unpaired) electrons. The van der Waals surface area contributed by atoms with Gasteiger partial charge in [0.25, 0.3) is 0 Å². The van der Waals surface area contributed by atoms with E-state index in [-0.39, 0.29) is 6.61 Å². The van der Waals surface area contributed by atoms with Crippen LogP contribution in [-0.4, -0.2) is 69.5 Å². The van der Waals surface area contributed by atoms with Crippen LogP contribution in [0.1, 0.15) is 0 Å². The van der Waals surface area contributed by atoms with Gasteiger partial charge >= 0.3 is 0 Å². The van der Waals surface area contributed by atoms with E-state index in [2.05, 4.69) is 0 Å². The van der Waals surface area contributed by atoms with Crippen LogP contribution in [0.15, 0.2) is 30.3 Å². The maximum atomic E-state index is 11.4. The quantitative estimate of drug-likeness (QED) is 0.676. The van der Waals surface area contributed by atoms with Gasteiger partial charge < -0.3 is 14.7 Å². The van der Waals surface area contributed by atoms with E-state index < -0.39 is 16.1 Å². The number of piperazine rings is 1. The molecule has 1 aliphatic rings. The van der Waals surface area contributed by atoms with Crippen LogP contribution in [0.25, 0.3) is 0 Å². The summed E-state index contributed by atoms with van der Waals surface area (Å²) in [5, 5.41) is 10.0. The average molecular weight is 315 g/mol. The van der Waals surface area contributed by atoms with Crippen molar-refractivity contribution >= 4 is 10.0 Å². The highest BCUT2D eigenvalue weighted by molar-refractivity contribution is 7.88. The van der Waals surface area contributed by atoms with Crippen LogP contribution in [0, 0.1) is 0 Å². The second-order valence-corrected chi connectivity index (χ2v) is 7.38. The van der Waals surface area contributed by atoms with Gasteiger partial charge in [-0.25, -0.2) is 8.42 Å². The molecule has 7 heteroatoms. The molecule has 2 rings (SSSR count). The van der Waals surface area contributed by atoms with Crippen molar-refractivity contribution in [3.05, 3.63) is 30.3 Å². The molecule has 1 saturated heterocycles. The van der Waals surface area contributed by atoms with Crippen molar-refractivity contribution in [1.82, 2.24) is 4.31 Å². The van der Waals surface area contributed by atoms with Crippen LogP contribution >= 0.6 is 0 Å². The van der Waals surface area contributed by atoms with Crippen molar-refractivity contribution in [2.75, 3.05) is 45.6 Å². The molecule has 0 unspecified atom stereocenters. The van der Waals surface area contributed by atoms with Crippen LogP contribution in [0.3, 0.4) is 0 Å². The van der Waals surface area contributed by atoms with E-state index in [9.17, 15) is 13.5 Å². The van der Waals surface area contributed by atoms with Gasteiger partial charge in [-0.05, 0) is 12.1 Å². The molecular weight excluding hydrogens is 292 g/mol. The van der Waals surface area contributed by atoms with E-state index >= 15 is 0 Å². The number of hydrogen-bond acceptors (Lipinski definition) is 4. The van der Waals surface area contributed by atoms with Crippen LogP contribution in [0.4, 0.5) is 0 Å². The van der Waals surface area contributed by atoms with Gasteiger partial charge in [-0.2, -0.15) is 4.31 Å². The topological polar surface area (TPSA) is 71.3 Å². The number of ether oxygens (including phenoxy) is 1. The summed E-state index contributed by atoms with van der Waals surface area (Å²) in [4.78, 5) is 1.21. The molecule has 0 aromatic heterocycles. The van der Waals surface area contributed by atoms with Crippen LogP contribution in [0.2, 0.25) is 0 Å². The molecule has 1 aromatic rings. The molecule has 1 atom stereocenters. The molecule has 2 N–H and O–H groups in total. The molecule has 0 spiro atoms. The Hall–Kier alpha value is -1.15. The predicted octanol–water partition coefficient (Wildman–Crippen LogP) is -1.41. The summed E-state index contributed by atoms with van der Waals surface area (Å²) in [7, 11) is -3.09. The maximum Gasteiger partial charge on any atom is 0.211 e. The van der Waals surface area contributed by atoms with E-state index in [4.69, 9.17) is 4.74 Å². The highest BCUT2D eigenvalue weighted by Crippen LogP contribution is 2.08. The Labute approximate surface area is 126 Å². The monoisotopic (exact) mass is 315 g/mol. The van der Waals surface area contributed by atoms with Gasteiger partial charge in [0.2, 0.25) is 10.0 Å². The molecule has 0 bridgehead atoms. The number of hydrogen-bond donors (Lipinski definition) is 2. The smallest absolute Gasteiger partial charge is 0.211 e. The number of rotatable bonds is 6. The normalized spacial score (nSPS) is 19.3. The molecule has 1 fully saturated rings. The Morgan fingerprint density at radius 3 is 2.48 bits per heavy atom. The Kier molecular flexibility index (Phi) is 5.58. The minimum Gasteiger partial charge on any atom is -0.491 e. The molecule has 118 valence electrons. The van der Waals surface area contributed by atoms with Gasteiger partial charge in [0.15, 0.2) is 0 Å². The summed E-state index contributed by atoms with van der Waals surface area (Å²) in [6.07, 6.45) is 0.686. The lowest BCUT2D eigenvalue weighted by Gasteiger charge is -2.31. The van der Waals surface area contributed by atoms with Gasteiger partial charge in [-0.15, -0.1) is 0 Å². The summed E-state index contributed by atoms with van der Waals surface area (Å²) in [6, 6.07) is 9.39. The minimum atomic E-state index is -3.09. The third-order valence-electron chi connectivity index (χ3n) is 3.61. The lowest BCUT2D eigenvalue weighted by atomic mass is 10.3. The second-order valence-electron chi connectivity index (χ2n) is 5.39. The molecule has 21 heavy (non-hydrogen) atoms. The Morgan fingerprint density at radius 2 is 1.90 bits per heavy atom. The van der Waals surface area contributed by atoms with Gasteiger partial charge in [-0.3, -0.25) is 0 Å². The third kappa shape index (κ3) is 5.28. The fourth-order valence-electron chi connectivity index (χ4n) is 2.44. The molecule has 1 heterocycles. The molecule has 6 nitrogen and oxygen atoms in total. The largest absolute Gasteiger partial charge is 0.491 e. The van der Waals surface area contributed by atoms with Gasteiger partial charge in [0.1, 0.15) is 25.0 Å². The Morgan fingerprint density at radius 1 is 1.29 bits per heavy atom. The number of nitrogens with zero attached hydrogens (tertiary/aromatic N) is 1. The van der Waals surface area contributed by atoms with Crippen molar-refractivity contribution in [3.63, 3.8) is 0 Å². The molecule has 0 saturated carbocycles. The van der Waals surface area contributed by atoms with Crippen molar-refractivity contribution in [1.29, 1.82) is 0 Å². The van der Waals surface area contributed by atoms with Crippen LogP contribution < -0.4 is 9.64 Å². The molecular formula is C14H23N2O4S+. The van der Waals surface area contributed by atoms with Crippen LogP contribution in [-0.2, 0) is 10.0 Å². The predicted molar refractivity (Wildman–Crippen MR) is 79.9 cm³/mol. The summed E-state index contributed by atoms with van der Waals surface area (Å²) in [6.45, 7) is 3.29. The summed E-state index contributed by atoms with van der Waals surface area (Å²) >= 11 is 0. The summed E-state index contributed by atoms with van der Waals surface area (Å²) in [5.74, 6) is 0.744. The number of aliphatic hydroxyl groups excluding tert-OH is 1. The van der Waals surface area contributed by atoms with E-state index in [1.807, 2.05) is 30.3 Å². The van der Waals surface area contributed by atoms with E-state index in [1.54, 1.807) is 0 Å². The zero-order valence-corrected chi connectivity index (χ0v) is 13.1. The summed E-state index contributed by atoms with van der Waals surface area (Å²) in [5.41, 5.74) is 0. The number of benzene rings is 1.